The van der Waals surface area contributed by atoms with Gasteiger partial charge in [-0.2, -0.15) is 18.3 Å². The van der Waals surface area contributed by atoms with Gasteiger partial charge in [-0.3, -0.25) is 5.10 Å². The second kappa shape index (κ2) is 3.98. The van der Waals surface area contributed by atoms with Crippen molar-refractivity contribution in [1.82, 2.24) is 10.2 Å². The Morgan fingerprint density at radius 1 is 1.18 bits per heavy atom. The average molecular weight is 236 g/mol. The van der Waals surface area contributed by atoms with Gasteiger partial charge in [0.15, 0.2) is 0 Å². The molecule has 1 aromatic heterocycles. The molecule has 0 radical (unpaired) electrons. The van der Waals surface area contributed by atoms with Gasteiger partial charge in [0.25, 0.3) is 0 Å². The number of H-pyrrole nitrogens is 1. The number of aromatic nitrogens is 2. The minimum atomic E-state index is -4.32. The second-order valence-electron chi connectivity index (χ2n) is 3.39. The van der Waals surface area contributed by atoms with Crippen LogP contribution < -0.4 is 0 Å². The highest BCUT2D eigenvalue weighted by molar-refractivity contribution is 5.60. The summed E-state index contributed by atoms with van der Waals surface area (Å²) in [5.41, 5.74) is 0.927. The van der Waals surface area contributed by atoms with E-state index in [1.807, 2.05) is 0 Å². The highest BCUT2D eigenvalue weighted by atomic mass is 19.4. The normalized spacial score (nSPS) is 11.2. The van der Waals surface area contributed by atoms with E-state index in [0.29, 0.717) is 17.0 Å². The number of halogens is 3. The fourth-order valence-corrected chi connectivity index (χ4v) is 1.38. The number of benzene rings is 1. The molecule has 0 atom stereocenters. The van der Waals surface area contributed by atoms with E-state index in [1.54, 1.807) is 6.07 Å². The molecule has 17 heavy (non-hydrogen) atoms. The molecule has 0 saturated heterocycles. The van der Waals surface area contributed by atoms with E-state index in [1.165, 1.54) is 12.1 Å². The Hall–Kier alpha value is -2.22. The molecular weight excluding hydrogens is 229 g/mol. The van der Waals surface area contributed by atoms with Gasteiger partial charge in [0.05, 0.1) is 11.3 Å². The van der Waals surface area contributed by atoms with E-state index in [2.05, 4.69) is 16.1 Å². The monoisotopic (exact) mass is 236 g/mol. The van der Waals surface area contributed by atoms with Crippen LogP contribution in [0, 0.1) is 12.3 Å². The average Bonchev–Trinajstić information content (AvgIpc) is 2.76. The van der Waals surface area contributed by atoms with E-state index in [0.717, 1.165) is 12.1 Å². The lowest BCUT2D eigenvalue weighted by Crippen LogP contribution is -2.03. The zero-order chi connectivity index (χ0) is 12.5. The van der Waals surface area contributed by atoms with E-state index in [9.17, 15) is 13.2 Å². The fraction of sp³-hybridized carbons (Fsp3) is 0.0833. The summed E-state index contributed by atoms with van der Waals surface area (Å²) in [6.07, 6.45) is 0.818. The number of rotatable bonds is 1. The number of terminal acetylenes is 1. The van der Waals surface area contributed by atoms with Gasteiger partial charge in [-0.15, -0.1) is 6.42 Å². The predicted molar refractivity (Wildman–Crippen MR) is 57.0 cm³/mol. The molecule has 0 saturated carbocycles. The van der Waals surface area contributed by atoms with Gasteiger partial charge < -0.3 is 0 Å². The summed E-state index contributed by atoms with van der Waals surface area (Å²) in [5.74, 6) is 2.33. The molecule has 2 rings (SSSR count). The first-order valence-corrected chi connectivity index (χ1v) is 4.70. The Bertz CT molecular complexity index is 559. The van der Waals surface area contributed by atoms with Crippen LogP contribution in [0.3, 0.4) is 0 Å². The van der Waals surface area contributed by atoms with Crippen molar-refractivity contribution in [2.75, 3.05) is 0 Å². The molecule has 0 unspecified atom stereocenters. The van der Waals surface area contributed by atoms with Crippen molar-refractivity contribution in [2.45, 2.75) is 6.18 Å². The lowest BCUT2D eigenvalue weighted by atomic mass is 10.1. The summed E-state index contributed by atoms with van der Waals surface area (Å²) in [5, 5.41) is 6.46. The van der Waals surface area contributed by atoms with Gasteiger partial charge in [0.1, 0.15) is 5.69 Å². The van der Waals surface area contributed by atoms with Crippen LogP contribution in [0.5, 0.6) is 0 Å². The van der Waals surface area contributed by atoms with Gasteiger partial charge in [-0.1, -0.05) is 12.1 Å². The summed E-state index contributed by atoms with van der Waals surface area (Å²) in [4.78, 5) is 0. The number of aromatic amines is 1. The zero-order valence-corrected chi connectivity index (χ0v) is 8.55. The Labute approximate surface area is 95.5 Å². The topological polar surface area (TPSA) is 28.7 Å². The van der Waals surface area contributed by atoms with Gasteiger partial charge in [0.2, 0.25) is 0 Å². The Morgan fingerprint density at radius 2 is 1.82 bits per heavy atom. The second-order valence-corrected chi connectivity index (χ2v) is 3.39. The Morgan fingerprint density at radius 3 is 2.29 bits per heavy atom. The molecule has 2 nitrogen and oxygen atoms in total. The molecule has 0 fully saturated rings. The molecule has 0 aliphatic rings. The van der Waals surface area contributed by atoms with Crippen LogP contribution in [0.1, 0.15) is 11.3 Å². The molecule has 5 heteroatoms. The van der Waals surface area contributed by atoms with Crippen LogP contribution in [0.15, 0.2) is 30.3 Å². The minimum Gasteiger partial charge on any atom is -0.277 e. The Kier molecular flexibility index (Phi) is 2.64. The molecule has 0 aliphatic heterocycles. The molecule has 0 aliphatic carbocycles. The zero-order valence-electron chi connectivity index (χ0n) is 8.55. The molecular formula is C12H7F3N2. The van der Waals surface area contributed by atoms with Crippen molar-refractivity contribution in [3.63, 3.8) is 0 Å². The number of alkyl halides is 3. The predicted octanol–water partition coefficient (Wildman–Crippen LogP) is 3.08. The summed E-state index contributed by atoms with van der Waals surface area (Å²) in [6.45, 7) is 0. The number of nitrogens with zero attached hydrogens (tertiary/aromatic N) is 1. The summed E-state index contributed by atoms with van der Waals surface area (Å²) in [7, 11) is 0. The SMILES string of the molecule is C#Cc1cc(-c2ccc(C(F)(F)F)cc2)[nH]n1. The smallest absolute Gasteiger partial charge is 0.277 e. The molecule has 0 amide bonds. The van der Waals surface area contributed by atoms with Crippen LogP contribution >= 0.6 is 0 Å². The standard InChI is InChI=1S/C12H7F3N2/c1-2-10-7-11(17-16-10)8-3-5-9(6-4-8)12(13,14)15/h1,3-7H,(H,16,17). The maximum atomic E-state index is 12.3. The van der Waals surface area contributed by atoms with Gasteiger partial charge in [-0.05, 0) is 29.7 Å². The van der Waals surface area contributed by atoms with E-state index in [4.69, 9.17) is 6.42 Å². The maximum absolute atomic E-state index is 12.3. The molecule has 1 heterocycles. The van der Waals surface area contributed by atoms with Crippen molar-refractivity contribution >= 4 is 0 Å². The first kappa shape index (κ1) is 11.3. The molecule has 2 aromatic rings. The summed E-state index contributed by atoms with van der Waals surface area (Å²) in [6, 6.07) is 6.38. The van der Waals surface area contributed by atoms with Gasteiger partial charge in [-0.25, -0.2) is 0 Å². The summed E-state index contributed by atoms with van der Waals surface area (Å²) >= 11 is 0. The number of nitrogens with one attached hydrogen (secondary N) is 1. The van der Waals surface area contributed by atoms with E-state index in [-0.39, 0.29) is 0 Å². The Balaban J connectivity index is 2.33. The van der Waals surface area contributed by atoms with Crippen LogP contribution in [-0.4, -0.2) is 10.2 Å². The van der Waals surface area contributed by atoms with Crippen molar-refractivity contribution in [3.8, 4) is 23.6 Å². The van der Waals surface area contributed by atoms with Crippen LogP contribution in [0.2, 0.25) is 0 Å². The lowest BCUT2D eigenvalue weighted by molar-refractivity contribution is -0.137. The molecule has 1 N–H and O–H groups in total. The van der Waals surface area contributed by atoms with Crippen molar-refractivity contribution in [3.05, 3.63) is 41.6 Å². The highest BCUT2D eigenvalue weighted by Gasteiger charge is 2.29. The third-order valence-electron chi connectivity index (χ3n) is 2.25. The van der Waals surface area contributed by atoms with Gasteiger partial charge in [0, 0.05) is 0 Å². The van der Waals surface area contributed by atoms with Crippen molar-refractivity contribution < 1.29 is 13.2 Å². The maximum Gasteiger partial charge on any atom is 0.416 e. The quantitative estimate of drug-likeness (QED) is 0.757. The van der Waals surface area contributed by atoms with Crippen LogP contribution in [0.4, 0.5) is 13.2 Å². The third-order valence-corrected chi connectivity index (χ3v) is 2.25. The number of hydrogen-bond donors (Lipinski definition) is 1. The minimum absolute atomic E-state index is 0.417. The fourth-order valence-electron chi connectivity index (χ4n) is 1.38. The van der Waals surface area contributed by atoms with Crippen molar-refractivity contribution in [1.29, 1.82) is 0 Å². The third kappa shape index (κ3) is 2.31. The molecule has 0 bridgehead atoms. The first-order valence-electron chi connectivity index (χ1n) is 4.70. The molecule has 1 aromatic carbocycles. The molecule has 86 valence electrons. The van der Waals surface area contributed by atoms with E-state index < -0.39 is 11.7 Å². The largest absolute Gasteiger partial charge is 0.416 e. The molecule has 0 spiro atoms. The van der Waals surface area contributed by atoms with Gasteiger partial charge >= 0.3 is 6.18 Å². The van der Waals surface area contributed by atoms with E-state index >= 15 is 0 Å². The lowest BCUT2D eigenvalue weighted by Gasteiger charge is -2.06. The first-order chi connectivity index (χ1) is 8.00. The van der Waals surface area contributed by atoms with Crippen LogP contribution in [0.25, 0.3) is 11.3 Å². The number of hydrogen-bond acceptors (Lipinski definition) is 1. The highest BCUT2D eigenvalue weighted by Crippen LogP contribution is 2.30. The summed E-state index contributed by atoms with van der Waals surface area (Å²) < 4.78 is 37.0. The van der Waals surface area contributed by atoms with Crippen LogP contribution in [-0.2, 0) is 6.18 Å². The van der Waals surface area contributed by atoms with Crippen molar-refractivity contribution in [2.24, 2.45) is 0 Å².